The monoisotopic (exact) mass is 474 g/mol. The van der Waals surface area contributed by atoms with Crippen molar-refractivity contribution in [2.45, 2.75) is 52.1 Å². The first-order valence-electron chi connectivity index (χ1n) is 12.0. The normalized spacial score (nSPS) is 20.6. The van der Waals surface area contributed by atoms with Crippen molar-refractivity contribution in [2.75, 3.05) is 0 Å². The molecule has 176 valence electrons. The number of amides is 1. The fourth-order valence-electron chi connectivity index (χ4n) is 5.21. The van der Waals surface area contributed by atoms with Gasteiger partial charge in [-0.05, 0) is 66.7 Å². The van der Waals surface area contributed by atoms with Crippen molar-refractivity contribution in [2.24, 2.45) is 11.8 Å². The van der Waals surface area contributed by atoms with E-state index in [1.807, 2.05) is 24.4 Å². The lowest BCUT2D eigenvalue weighted by molar-refractivity contribution is 0.0891. The van der Waals surface area contributed by atoms with Gasteiger partial charge in [-0.3, -0.25) is 14.2 Å². The highest BCUT2D eigenvalue weighted by atomic mass is 32.1. The van der Waals surface area contributed by atoms with E-state index >= 15 is 0 Å². The van der Waals surface area contributed by atoms with Crippen molar-refractivity contribution in [1.29, 1.82) is 0 Å². The summed E-state index contributed by atoms with van der Waals surface area (Å²) in [6.07, 6.45) is 6.04. The van der Waals surface area contributed by atoms with Gasteiger partial charge in [0.2, 0.25) is 0 Å². The Balaban J connectivity index is 1.38. The number of benzene rings is 2. The van der Waals surface area contributed by atoms with Crippen molar-refractivity contribution in [3.63, 3.8) is 0 Å². The summed E-state index contributed by atoms with van der Waals surface area (Å²) in [5, 5.41) is 4.89. The molecule has 7 heteroatoms. The molecule has 0 spiro atoms. The Kier molecular flexibility index (Phi) is 6.13. The van der Waals surface area contributed by atoms with Crippen LogP contribution in [0.15, 0.2) is 53.5 Å². The number of aromatic amines is 2. The lowest BCUT2D eigenvalue weighted by atomic mass is 9.78. The smallest absolute Gasteiger partial charge is 0.262 e. The molecule has 1 amide bonds. The molecule has 2 aromatic heterocycles. The summed E-state index contributed by atoms with van der Waals surface area (Å²) in [4.78, 5) is 32.6. The summed E-state index contributed by atoms with van der Waals surface area (Å²) in [6.45, 7) is 4.94. The Morgan fingerprint density at radius 2 is 1.94 bits per heavy atom. The third-order valence-electron chi connectivity index (χ3n) is 7.55. The van der Waals surface area contributed by atoms with Crippen LogP contribution in [0.25, 0.3) is 21.8 Å². The van der Waals surface area contributed by atoms with E-state index in [2.05, 4.69) is 35.2 Å². The van der Waals surface area contributed by atoms with E-state index < -0.39 is 0 Å². The molecule has 0 bridgehead atoms. The van der Waals surface area contributed by atoms with Crippen LogP contribution >= 0.6 is 12.2 Å². The Morgan fingerprint density at radius 3 is 2.79 bits per heavy atom. The second kappa shape index (κ2) is 9.22. The van der Waals surface area contributed by atoms with Gasteiger partial charge in [0.25, 0.3) is 11.5 Å². The molecule has 34 heavy (non-hydrogen) atoms. The number of nitrogens with one attached hydrogen (secondary N) is 3. The molecule has 2 aromatic carbocycles. The van der Waals surface area contributed by atoms with Crippen molar-refractivity contribution in [3.05, 3.63) is 74.9 Å². The molecule has 3 N–H and O–H groups in total. The number of hydrogen-bond acceptors (Lipinski definition) is 3. The summed E-state index contributed by atoms with van der Waals surface area (Å²) in [6, 6.07) is 13.5. The number of aryl methyl sites for hydroxylation is 1. The molecular weight excluding hydrogens is 444 g/mol. The predicted octanol–water partition coefficient (Wildman–Crippen LogP) is 5.34. The number of hydrogen-bond donors (Lipinski definition) is 3. The molecule has 1 fully saturated rings. The lowest BCUT2D eigenvalue weighted by Gasteiger charge is -2.34. The largest absolute Gasteiger partial charge is 0.361 e. The van der Waals surface area contributed by atoms with Gasteiger partial charge in [0.15, 0.2) is 4.77 Å². The van der Waals surface area contributed by atoms with Gasteiger partial charge in [0.1, 0.15) is 0 Å². The van der Waals surface area contributed by atoms with Crippen LogP contribution in [0, 0.1) is 16.6 Å². The molecule has 1 saturated carbocycles. The number of H-pyrrole nitrogens is 2. The van der Waals surface area contributed by atoms with E-state index in [1.165, 1.54) is 6.42 Å². The molecule has 4 aromatic rings. The van der Waals surface area contributed by atoms with Crippen LogP contribution in [0.1, 0.15) is 49.0 Å². The van der Waals surface area contributed by atoms with Gasteiger partial charge in [-0.15, -0.1) is 0 Å². The minimum Gasteiger partial charge on any atom is -0.361 e. The van der Waals surface area contributed by atoms with Crippen LogP contribution in [0.2, 0.25) is 0 Å². The molecule has 6 nitrogen and oxygen atoms in total. The van der Waals surface area contributed by atoms with Crippen LogP contribution in [-0.4, -0.2) is 26.5 Å². The van der Waals surface area contributed by atoms with Crippen LogP contribution < -0.4 is 10.9 Å². The molecule has 0 radical (unpaired) electrons. The van der Waals surface area contributed by atoms with E-state index in [4.69, 9.17) is 12.2 Å². The molecule has 3 unspecified atom stereocenters. The number of nitrogens with zero attached hydrogens (tertiary/aromatic N) is 1. The second-order valence-electron chi connectivity index (χ2n) is 9.60. The molecule has 1 aliphatic carbocycles. The van der Waals surface area contributed by atoms with Crippen LogP contribution in [0.5, 0.6) is 0 Å². The van der Waals surface area contributed by atoms with Crippen LogP contribution in [0.4, 0.5) is 0 Å². The van der Waals surface area contributed by atoms with E-state index in [9.17, 15) is 9.59 Å². The van der Waals surface area contributed by atoms with Gasteiger partial charge in [0, 0.05) is 35.2 Å². The molecule has 0 aliphatic heterocycles. The van der Waals surface area contributed by atoms with Gasteiger partial charge < -0.3 is 15.3 Å². The maximum atomic E-state index is 13.2. The Hall–Kier alpha value is -3.19. The summed E-state index contributed by atoms with van der Waals surface area (Å²) in [5.74, 6) is 0.957. The van der Waals surface area contributed by atoms with Crippen molar-refractivity contribution in [3.8, 4) is 0 Å². The average Bonchev–Trinajstić information content (AvgIpc) is 3.24. The topological polar surface area (TPSA) is 82.7 Å². The van der Waals surface area contributed by atoms with E-state index in [0.717, 1.165) is 29.3 Å². The van der Waals surface area contributed by atoms with E-state index in [1.54, 1.807) is 22.8 Å². The fourth-order valence-corrected chi connectivity index (χ4v) is 5.49. The van der Waals surface area contributed by atoms with Gasteiger partial charge in [-0.25, -0.2) is 0 Å². The van der Waals surface area contributed by atoms with E-state index in [0.29, 0.717) is 46.0 Å². The minimum absolute atomic E-state index is 0.101. The Bertz CT molecular complexity index is 1480. The molecule has 5 rings (SSSR count). The molecule has 0 saturated heterocycles. The van der Waals surface area contributed by atoms with Gasteiger partial charge >= 0.3 is 0 Å². The second-order valence-corrected chi connectivity index (χ2v) is 9.99. The van der Waals surface area contributed by atoms with Gasteiger partial charge in [-0.2, -0.15) is 0 Å². The van der Waals surface area contributed by atoms with Crippen molar-refractivity contribution in [1.82, 2.24) is 19.9 Å². The first kappa shape index (κ1) is 22.6. The zero-order valence-corrected chi connectivity index (χ0v) is 20.4. The molecule has 3 atom stereocenters. The SMILES string of the molecule is CC1CCCC(NC(=O)c2ccc3c(=O)n(CCc4c[nH]c5ccccc45)c(=S)[nH]c3c2)C1C. The van der Waals surface area contributed by atoms with Crippen molar-refractivity contribution < 1.29 is 4.79 Å². The molecule has 1 aliphatic rings. The van der Waals surface area contributed by atoms with Gasteiger partial charge in [-0.1, -0.05) is 44.9 Å². The lowest BCUT2D eigenvalue weighted by Crippen LogP contribution is -2.43. The van der Waals surface area contributed by atoms with Crippen LogP contribution in [0.3, 0.4) is 0 Å². The minimum atomic E-state index is -0.139. The summed E-state index contributed by atoms with van der Waals surface area (Å²) in [7, 11) is 0. The first-order valence-corrected chi connectivity index (χ1v) is 12.5. The number of carbonyl (C=O) groups is 1. The third kappa shape index (κ3) is 4.20. The molecule has 2 heterocycles. The molecular formula is C27H30N4O2S. The summed E-state index contributed by atoms with van der Waals surface area (Å²) in [5.41, 5.74) is 3.22. The van der Waals surface area contributed by atoms with Crippen molar-refractivity contribution >= 4 is 39.9 Å². The van der Waals surface area contributed by atoms with Gasteiger partial charge in [0.05, 0.1) is 10.9 Å². The maximum absolute atomic E-state index is 13.2. The number of fused-ring (bicyclic) bond motifs is 2. The number of aromatic nitrogens is 3. The predicted molar refractivity (Wildman–Crippen MR) is 139 cm³/mol. The highest BCUT2D eigenvalue weighted by Crippen LogP contribution is 2.29. The number of para-hydroxylation sites is 1. The maximum Gasteiger partial charge on any atom is 0.262 e. The summed E-state index contributed by atoms with van der Waals surface area (Å²) < 4.78 is 1.97. The first-order chi connectivity index (χ1) is 16.4. The number of carbonyl (C=O) groups excluding carboxylic acids is 1. The summed E-state index contributed by atoms with van der Waals surface area (Å²) >= 11 is 5.52. The highest BCUT2D eigenvalue weighted by Gasteiger charge is 2.28. The Labute approximate surface area is 203 Å². The standard InChI is InChI=1S/C27H30N4O2S/c1-16-6-5-9-22(17(16)2)29-25(32)18-10-11-21-24(14-18)30-27(34)31(26(21)33)13-12-19-15-28-23-8-4-3-7-20(19)23/h3-4,7-8,10-11,14-17,22,28H,5-6,9,12-13H2,1-2H3,(H,29,32)(H,30,34). The average molecular weight is 475 g/mol. The Morgan fingerprint density at radius 1 is 1.12 bits per heavy atom. The zero-order valence-electron chi connectivity index (χ0n) is 19.6. The fraction of sp³-hybridized carbons (Fsp3) is 0.370. The van der Waals surface area contributed by atoms with E-state index in [-0.39, 0.29) is 17.5 Å². The zero-order chi connectivity index (χ0) is 23.8. The quantitative estimate of drug-likeness (QED) is 0.342. The number of rotatable bonds is 5. The highest BCUT2D eigenvalue weighted by molar-refractivity contribution is 7.71. The van der Waals surface area contributed by atoms with Crippen LogP contribution in [-0.2, 0) is 13.0 Å². The third-order valence-corrected chi connectivity index (χ3v) is 7.87.